The van der Waals surface area contributed by atoms with Gasteiger partial charge in [0.2, 0.25) is 0 Å². The SMILES string of the molecule is Cc1nn(C)c(C)c1[C@H]1OCC[C@@H]1CNC(=O)c1cnn2ccccc12. The third kappa shape index (κ3) is 2.78. The molecule has 1 aliphatic rings. The number of amides is 1. The molecule has 4 heterocycles. The van der Waals surface area contributed by atoms with Crippen LogP contribution in [-0.2, 0) is 11.8 Å². The maximum Gasteiger partial charge on any atom is 0.255 e. The highest BCUT2D eigenvalue weighted by Gasteiger charge is 2.33. The van der Waals surface area contributed by atoms with Crippen LogP contribution in [0.25, 0.3) is 5.52 Å². The van der Waals surface area contributed by atoms with Gasteiger partial charge in [-0.15, -0.1) is 0 Å². The molecule has 136 valence electrons. The lowest BCUT2D eigenvalue weighted by Gasteiger charge is -2.19. The van der Waals surface area contributed by atoms with Crippen molar-refractivity contribution in [3.8, 4) is 0 Å². The summed E-state index contributed by atoms with van der Waals surface area (Å²) < 4.78 is 9.60. The first kappa shape index (κ1) is 16.8. The molecule has 1 N–H and O–H groups in total. The predicted molar refractivity (Wildman–Crippen MR) is 97.0 cm³/mol. The van der Waals surface area contributed by atoms with Gasteiger partial charge in [0.1, 0.15) is 0 Å². The van der Waals surface area contributed by atoms with Crippen LogP contribution in [0.3, 0.4) is 0 Å². The first-order chi connectivity index (χ1) is 12.6. The Morgan fingerprint density at radius 2 is 2.23 bits per heavy atom. The highest BCUT2D eigenvalue weighted by molar-refractivity contribution is 6.00. The zero-order valence-corrected chi connectivity index (χ0v) is 15.3. The van der Waals surface area contributed by atoms with Gasteiger partial charge in [-0.1, -0.05) is 6.07 Å². The monoisotopic (exact) mass is 353 g/mol. The zero-order valence-electron chi connectivity index (χ0n) is 15.3. The number of nitrogens with zero attached hydrogens (tertiary/aromatic N) is 4. The molecule has 4 rings (SSSR count). The van der Waals surface area contributed by atoms with Crippen LogP contribution in [0.5, 0.6) is 0 Å². The summed E-state index contributed by atoms with van der Waals surface area (Å²) in [5.41, 5.74) is 4.67. The number of ether oxygens (including phenoxy) is 1. The van der Waals surface area contributed by atoms with E-state index in [9.17, 15) is 4.79 Å². The molecule has 1 saturated heterocycles. The van der Waals surface area contributed by atoms with Gasteiger partial charge in [-0.2, -0.15) is 10.2 Å². The first-order valence-corrected chi connectivity index (χ1v) is 8.88. The molecule has 7 nitrogen and oxygen atoms in total. The molecule has 0 bridgehead atoms. The maximum absolute atomic E-state index is 12.6. The van der Waals surface area contributed by atoms with Crippen molar-refractivity contribution in [3.05, 3.63) is 53.1 Å². The quantitative estimate of drug-likeness (QED) is 0.780. The Bertz CT molecular complexity index is 958. The van der Waals surface area contributed by atoms with Gasteiger partial charge in [0.05, 0.1) is 29.1 Å². The highest BCUT2D eigenvalue weighted by Crippen LogP contribution is 2.37. The van der Waals surface area contributed by atoms with Crippen LogP contribution in [0.2, 0.25) is 0 Å². The number of aromatic nitrogens is 4. The van der Waals surface area contributed by atoms with Crippen LogP contribution < -0.4 is 5.32 Å². The summed E-state index contributed by atoms with van der Waals surface area (Å²) in [5.74, 6) is 0.138. The van der Waals surface area contributed by atoms with Crippen molar-refractivity contribution >= 4 is 11.4 Å². The number of pyridine rings is 1. The molecule has 1 aliphatic heterocycles. The van der Waals surface area contributed by atoms with Crippen molar-refractivity contribution in [2.75, 3.05) is 13.2 Å². The minimum Gasteiger partial charge on any atom is -0.373 e. The van der Waals surface area contributed by atoms with Crippen molar-refractivity contribution in [2.45, 2.75) is 26.4 Å². The van der Waals surface area contributed by atoms with E-state index in [-0.39, 0.29) is 17.9 Å². The molecular formula is C19H23N5O2. The van der Waals surface area contributed by atoms with E-state index in [1.54, 1.807) is 10.7 Å². The molecule has 7 heteroatoms. The normalized spacial score (nSPS) is 20.0. The van der Waals surface area contributed by atoms with Crippen LogP contribution >= 0.6 is 0 Å². The van der Waals surface area contributed by atoms with Gasteiger partial charge < -0.3 is 10.1 Å². The number of carbonyl (C=O) groups excluding carboxylic acids is 1. The number of rotatable bonds is 4. The standard InChI is InChI=1S/C19H23N5O2/c1-12-17(13(2)23(3)22-12)18-14(7-9-26-18)10-20-19(25)15-11-21-24-8-5-4-6-16(15)24/h4-6,8,11,14,18H,7,9-10H2,1-3H3,(H,20,25)/t14-,18+/m1/s1. The van der Waals surface area contributed by atoms with Gasteiger partial charge in [0.15, 0.2) is 0 Å². The van der Waals surface area contributed by atoms with Crippen LogP contribution in [0, 0.1) is 19.8 Å². The zero-order chi connectivity index (χ0) is 18.3. The largest absolute Gasteiger partial charge is 0.373 e. The Morgan fingerprint density at radius 1 is 1.38 bits per heavy atom. The van der Waals surface area contributed by atoms with E-state index in [1.165, 1.54) is 0 Å². The van der Waals surface area contributed by atoms with E-state index in [4.69, 9.17) is 4.74 Å². The molecule has 3 aromatic rings. The smallest absolute Gasteiger partial charge is 0.255 e. The number of hydrogen-bond acceptors (Lipinski definition) is 4. The molecule has 2 atom stereocenters. The van der Waals surface area contributed by atoms with E-state index in [2.05, 4.69) is 22.4 Å². The maximum atomic E-state index is 12.6. The fraction of sp³-hybridized carbons (Fsp3) is 0.421. The van der Waals surface area contributed by atoms with E-state index >= 15 is 0 Å². The second-order valence-electron chi connectivity index (χ2n) is 6.85. The van der Waals surface area contributed by atoms with E-state index < -0.39 is 0 Å². The van der Waals surface area contributed by atoms with Crippen molar-refractivity contribution in [1.29, 1.82) is 0 Å². The molecule has 26 heavy (non-hydrogen) atoms. The molecule has 0 spiro atoms. The summed E-state index contributed by atoms with van der Waals surface area (Å²) in [5, 5.41) is 11.8. The molecule has 0 unspecified atom stereocenters. The minimum absolute atomic E-state index is 0.0205. The van der Waals surface area contributed by atoms with Gasteiger partial charge in [-0.25, -0.2) is 4.52 Å². The van der Waals surface area contributed by atoms with Gasteiger partial charge in [-0.05, 0) is 32.4 Å². The lowest BCUT2D eigenvalue weighted by molar-refractivity contribution is 0.0840. The first-order valence-electron chi connectivity index (χ1n) is 8.88. The molecule has 1 amide bonds. The highest BCUT2D eigenvalue weighted by atomic mass is 16.5. The van der Waals surface area contributed by atoms with Crippen LogP contribution in [0.4, 0.5) is 0 Å². The van der Waals surface area contributed by atoms with Crippen molar-refractivity contribution in [2.24, 2.45) is 13.0 Å². The topological polar surface area (TPSA) is 73.4 Å². The summed E-state index contributed by atoms with van der Waals surface area (Å²) in [6, 6.07) is 5.69. The summed E-state index contributed by atoms with van der Waals surface area (Å²) in [4.78, 5) is 12.6. The number of carbonyl (C=O) groups is 1. The second kappa shape index (κ2) is 6.57. The van der Waals surface area contributed by atoms with Crippen molar-refractivity contribution in [3.63, 3.8) is 0 Å². The van der Waals surface area contributed by atoms with Crippen LogP contribution in [0.15, 0.2) is 30.6 Å². The average Bonchev–Trinajstić information content (AvgIpc) is 3.31. The third-order valence-electron chi connectivity index (χ3n) is 5.26. The Labute approximate surface area is 152 Å². The molecule has 1 fully saturated rings. The number of fused-ring (bicyclic) bond motifs is 1. The molecule has 3 aromatic heterocycles. The number of nitrogens with one attached hydrogen (secondary N) is 1. The van der Waals surface area contributed by atoms with Gasteiger partial charge in [-0.3, -0.25) is 9.48 Å². The number of aryl methyl sites for hydroxylation is 2. The molecule has 0 aliphatic carbocycles. The van der Waals surface area contributed by atoms with E-state index in [1.807, 2.05) is 43.0 Å². The van der Waals surface area contributed by atoms with E-state index in [0.29, 0.717) is 18.7 Å². The molecule has 0 radical (unpaired) electrons. The second-order valence-corrected chi connectivity index (χ2v) is 6.85. The lowest BCUT2D eigenvalue weighted by Crippen LogP contribution is -2.30. The Hall–Kier alpha value is -2.67. The fourth-order valence-corrected chi connectivity index (χ4v) is 3.79. The minimum atomic E-state index is -0.100. The Kier molecular flexibility index (Phi) is 4.24. The number of hydrogen-bond donors (Lipinski definition) is 1. The van der Waals surface area contributed by atoms with Gasteiger partial charge in [0.25, 0.3) is 5.91 Å². The van der Waals surface area contributed by atoms with Crippen LogP contribution in [0.1, 0.15) is 39.8 Å². The Balaban J connectivity index is 1.49. The third-order valence-corrected chi connectivity index (χ3v) is 5.26. The van der Waals surface area contributed by atoms with Crippen molar-refractivity contribution < 1.29 is 9.53 Å². The van der Waals surface area contributed by atoms with Crippen molar-refractivity contribution in [1.82, 2.24) is 24.7 Å². The summed E-state index contributed by atoms with van der Waals surface area (Å²) >= 11 is 0. The van der Waals surface area contributed by atoms with Gasteiger partial charge >= 0.3 is 0 Å². The average molecular weight is 353 g/mol. The molecular weight excluding hydrogens is 330 g/mol. The van der Waals surface area contributed by atoms with E-state index in [0.717, 1.165) is 28.9 Å². The van der Waals surface area contributed by atoms with Crippen LogP contribution in [-0.4, -0.2) is 38.5 Å². The lowest BCUT2D eigenvalue weighted by atomic mass is 9.94. The predicted octanol–water partition coefficient (Wildman–Crippen LogP) is 2.19. The summed E-state index contributed by atoms with van der Waals surface area (Å²) in [6.45, 7) is 5.35. The Morgan fingerprint density at radius 3 is 3.00 bits per heavy atom. The summed E-state index contributed by atoms with van der Waals surface area (Å²) in [6.07, 6.45) is 4.35. The fourth-order valence-electron chi connectivity index (χ4n) is 3.79. The molecule has 0 saturated carbocycles. The summed E-state index contributed by atoms with van der Waals surface area (Å²) in [7, 11) is 1.95. The molecule has 0 aromatic carbocycles. The van der Waals surface area contributed by atoms with Gasteiger partial charge in [0, 0.05) is 43.6 Å².